The lowest BCUT2D eigenvalue weighted by molar-refractivity contribution is 0.306. The molecule has 2 nitrogen and oxygen atoms in total. The molecule has 0 aliphatic carbocycles. The first kappa shape index (κ1) is 14.2. The molecule has 21 heavy (non-hydrogen) atoms. The lowest BCUT2D eigenvalue weighted by atomic mass is 10.2. The summed E-state index contributed by atoms with van der Waals surface area (Å²) in [5, 5.41) is 0.796. The summed E-state index contributed by atoms with van der Waals surface area (Å²) in [6, 6.07) is 14.3. The van der Waals surface area contributed by atoms with Gasteiger partial charge in [-0.05, 0) is 33.6 Å². The molecular formula is C16H11BrFNOS. The van der Waals surface area contributed by atoms with Crippen LogP contribution in [0, 0.1) is 5.82 Å². The van der Waals surface area contributed by atoms with Gasteiger partial charge >= 0.3 is 0 Å². The zero-order valence-electron chi connectivity index (χ0n) is 10.9. The van der Waals surface area contributed by atoms with E-state index in [0.717, 1.165) is 19.9 Å². The van der Waals surface area contributed by atoms with Crippen molar-refractivity contribution < 1.29 is 9.13 Å². The molecule has 0 radical (unpaired) electrons. The summed E-state index contributed by atoms with van der Waals surface area (Å²) in [5.41, 5.74) is 1.83. The van der Waals surface area contributed by atoms with Crippen LogP contribution < -0.4 is 4.74 Å². The molecule has 2 aromatic carbocycles. The lowest BCUT2D eigenvalue weighted by Crippen LogP contribution is -1.97. The fourth-order valence-electron chi connectivity index (χ4n) is 1.91. The molecule has 0 spiro atoms. The Morgan fingerprint density at radius 2 is 1.95 bits per heavy atom. The van der Waals surface area contributed by atoms with Gasteiger partial charge in [0.25, 0.3) is 0 Å². The molecule has 0 saturated carbocycles. The van der Waals surface area contributed by atoms with E-state index in [1.165, 1.54) is 23.5 Å². The summed E-state index contributed by atoms with van der Waals surface area (Å²) in [7, 11) is 0. The quantitative estimate of drug-likeness (QED) is 0.628. The molecular weight excluding hydrogens is 353 g/mol. The highest BCUT2D eigenvalue weighted by molar-refractivity contribution is 9.11. The summed E-state index contributed by atoms with van der Waals surface area (Å²) < 4.78 is 20.2. The van der Waals surface area contributed by atoms with Gasteiger partial charge in [0.1, 0.15) is 23.2 Å². The number of aromatic nitrogens is 1. The Morgan fingerprint density at radius 3 is 2.67 bits per heavy atom. The maximum absolute atomic E-state index is 13.5. The molecule has 0 bridgehead atoms. The van der Waals surface area contributed by atoms with Crippen LogP contribution in [0.2, 0.25) is 0 Å². The van der Waals surface area contributed by atoms with E-state index in [-0.39, 0.29) is 5.82 Å². The van der Waals surface area contributed by atoms with Gasteiger partial charge in [0, 0.05) is 6.07 Å². The van der Waals surface area contributed by atoms with Crippen molar-refractivity contribution in [3.63, 3.8) is 0 Å². The van der Waals surface area contributed by atoms with E-state index >= 15 is 0 Å². The van der Waals surface area contributed by atoms with Gasteiger partial charge in [0.2, 0.25) is 0 Å². The van der Waals surface area contributed by atoms with Crippen LogP contribution >= 0.6 is 27.3 Å². The first-order chi connectivity index (χ1) is 10.2. The highest BCUT2D eigenvalue weighted by Gasteiger charge is 2.11. The van der Waals surface area contributed by atoms with Gasteiger partial charge in [0.15, 0.2) is 0 Å². The minimum atomic E-state index is -0.322. The number of rotatable bonds is 4. The molecule has 3 aromatic rings. The smallest absolute Gasteiger partial charge is 0.132 e. The van der Waals surface area contributed by atoms with Crippen LogP contribution in [0.15, 0.2) is 58.5 Å². The Labute approximate surface area is 134 Å². The predicted octanol–water partition coefficient (Wildman–Crippen LogP) is 5.29. The number of thiazole rings is 1. The predicted molar refractivity (Wildman–Crippen MR) is 86.0 cm³/mol. The zero-order chi connectivity index (χ0) is 14.7. The first-order valence-corrected chi connectivity index (χ1v) is 7.91. The molecule has 0 saturated heterocycles. The molecule has 0 aliphatic heterocycles. The van der Waals surface area contributed by atoms with Crippen LogP contribution in [0.5, 0.6) is 5.75 Å². The molecule has 3 rings (SSSR count). The van der Waals surface area contributed by atoms with Crippen LogP contribution in [0.1, 0.15) is 5.56 Å². The lowest BCUT2D eigenvalue weighted by Gasteiger charge is -2.10. The van der Waals surface area contributed by atoms with Crippen molar-refractivity contribution in [3.8, 4) is 16.3 Å². The van der Waals surface area contributed by atoms with Crippen molar-refractivity contribution in [1.82, 2.24) is 4.98 Å². The third-order valence-corrected chi connectivity index (χ3v) is 4.40. The SMILES string of the molecule is Fc1ccc(-c2ncc(Br)s2)c(OCc2ccccc2)c1. The molecule has 0 unspecified atom stereocenters. The minimum absolute atomic E-state index is 0.322. The summed E-state index contributed by atoms with van der Waals surface area (Å²) in [6.07, 6.45) is 1.73. The summed E-state index contributed by atoms with van der Waals surface area (Å²) in [6.45, 7) is 0.393. The van der Waals surface area contributed by atoms with Crippen molar-refractivity contribution in [1.29, 1.82) is 0 Å². The number of ether oxygens (including phenoxy) is 1. The molecule has 0 atom stereocenters. The molecule has 1 aromatic heterocycles. The summed E-state index contributed by atoms with van der Waals surface area (Å²) in [4.78, 5) is 4.30. The number of hydrogen-bond acceptors (Lipinski definition) is 3. The highest BCUT2D eigenvalue weighted by atomic mass is 79.9. The van der Waals surface area contributed by atoms with Crippen molar-refractivity contribution in [2.24, 2.45) is 0 Å². The Kier molecular flexibility index (Phi) is 4.31. The first-order valence-electron chi connectivity index (χ1n) is 6.30. The van der Waals surface area contributed by atoms with Gasteiger partial charge in [-0.1, -0.05) is 30.3 Å². The number of halogens is 2. The summed E-state index contributed by atoms with van der Waals surface area (Å²) >= 11 is 4.87. The maximum atomic E-state index is 13.5. The third kappa shape index (κ3) is 3.49. The van der Waals surface area contributed by atoms with Crippen molar-refractivity contribution in [3.05, 3.63) is 69.9 Å². The second kappa shape index (κ2) is 6.37. The second-order valence-corrected chi connectivity index (χ2v) is 6.79. The zero-order valence-corrected chi connectivity index (χ0v) is 13.3. The summed E-state index contributed by atoms with van der Waals surface area (Å²) in [5.74, 6) is 0.179. The van der Waals surface area contributed by atoms with Crippen LogP contribution in [0.25, 0.3) is 10.6 Å². The van der Waals surface area contributed by atoms with E-state index in [1.807, 2.05) is 30.3 Å². The van der Waals surface area contributed by atoms with Crippen LogP contribution in [-0.4, -0.2) is 4.98 Å². The van der Waals surface area contributed by atoms with Crippen LogP contribution in [-0.2, 0) is 6.61 Å². The normalized spacial score (nSPS) is 10.6. The minimum Gasteiger partial charge on any atom is -0.488 e. The standard InChI is InChI=1S/C16H11BrFNOS/c17-15-9-19-16(21-15)13-7-6-12(18)8-14(13)20-10-11-4-2-1-3-5-11/h1-9H,10H2. The van der Waals surface area contributed by atoms with Crippen molar-refractivity contribution >= 4 is 27.3 Å². The van der Waals surface area contributed by atoms with Gasteiger partial charge in [0.05, 0.1) is 15.5 Å². The van der Waals surface area contributed by atoms with E-state index in [2.05, 4.69) is 20.9 Å². The second-order valence-electron chi connectivity index (χ2n) is 4.38. The molecule has 1 heterocycles. The van der Waals surface area contributed by atoms with Gasteiger partial charge in [-0.3, -0.25) is 0 Å². The molecule has 5 heteroatoms. The van der Waals surface area contributed by atoms with E-state index in [4.69, 9.17) is 4.74 Å². The highest BCUT2D eigenvalue weighted by Crippen LogP contribution is 2.35. The van der Waals surface area contributed by atoms with E-state index in [9.17, 15) is 4.39 Å². The Bertz CT molecular complexity index is 745. The molecule has 0 N–H and O–H groups in total. The van der Waals surface area contributed by atoms with Gasteiger partial charge < -0.3 is 4.74 Å². The fourth-order valence-corrected chi connectivity index (χ4v) is 3.14. The van der Waals surface area contributed by atoms with E-state index in [1.54, 1.807) is 12.3 Å². The number of hydrogen-bond donors (Lipinski definition) is 0. The van der Waals surface area contributed by atoms with Crippen LogP contribution in [0.4, 0.5) is 4.39 Å². The monoisotopic (exact) mass is 363 g/mol. The number of benzene rings is 2. The number of nitrogens with zero attached hydrogens (tertiary/aromatic N) is 1. The van der Waals surface area contributed by atoms with Gasteiger partial charge in [-0.15, -0.1) is 11.3 Å². The molecule has 106 valence electrons. The topological polar surface area (TPSA) is 22.1 Å². The Morgan fingerprint density at radius 1 is 1.14 bits per heavy atom. The van der Waals surface area contributed by atoms with Gasteiger partial charge in [-0.25, -0.2) is 9.37 Å². The van der Waals surface area contributed by atoms with E-state index < -0.39 is 0 Å². The Hall–Kier alpha value is -1.72. The van der Waals surface area contributed by atoms with Crippen molar-refractivity contribution in [2.75, 3.05) is 0 Å². The average Bonchev–Trinajstić information content (AvgIpc) is 2.93. The molecule has 0 fully saturated rings. The van der Waals surface area contributed by atoms with Gasteiger partial charge in [-0.2, -0.15) is 0 Å². The van der Waals surface area contributed by atoms with E-state index in [0.29, 0.717) is 12.4 Å². The third-order valence-electron chi connectivity index (χ3n) is 2.89. The largest absolute Gasteiger partial charge is 0.488 e. The molecule has 0 amide bonds. The molecule has 0 aliphatic rings. The van der Waals surface area contributed by atoms with Crippen LogP contribution in [0.3, 0.4) is 0 Å². The average molecular weight is 364 g/mol. The van der Waals surface area contributed by atoms with Crippen molar-refractivity contribution in [2.45, 2.75) is 6.61 Å². The maximum Gasteiger partial charge on any atom is 0.132 e. The fraction of sp³-hybridized carbons (Fsp3) is 0.0625. The Balaban J connectivity index is 1.88.